The molecule has 0 amide bonds. The highest BCUT2D eigenvalue weighted by atomic mass is 16.5. The lowest BCUT2D eigenvalue weighted by molar-refractivity contribution is 0.144. The number of hydrogen-bond acceptors (Lipinski definition) is 6. The van der Waals surface area contributed by atoms with Crippen molar-refractivity contribution in [3.8, 4) is 5.75 Å². The molecule has 3 aromatic heterocycles. The van der Waals surface area contributed by atoms with Crippen LogP contribution in [0.25, 0.3) is 0 Å². The number of pyridine rings is 1. The fourth-order valence-electron chi connectivity index (χ4n) is 3.27. The van der Waals surface area contributed by atoms with Crippen LogP contribution in [-0.2, 0) is 13.1 Å². The molecule has 0 spiro atoms. The van der Waals surface area contributed by atoms with Gasteiger partial charge in [-0.05, 0) is 25.1 Å². The van der Waals surface area contributed by atoms with Crippen molar-refractivity contribution in [2.45, 2.75) is 32.5 Å². The summed E-state index contributed by atoms with van der Waals surface area (Å²) in [6.45, 7) is 5.11. The molecule has 0 saturated heterocycles. The van der Waals surface area contributed by atoms with Gasteiger partial charge in [-0.3, -0.25) is 14.6 Å². The first kappa shape index (κ1) is 15.8. The zero-order valence-electron chi connectivity index (χ0n) is 14.2. The molecule has 4 heterocycles. The molecule has 0 aromatic carbocycles. The van der Waals surface area contributed by atoms with Crippen LogP contribution in [0.2, 0.25) is 0 Å². The molecule has 7 nitrogen and oxygen atoms in total. The predicted octanol–water partition coefficient (Wildman–Crippen LogP) is 2.60. The number of rotatable bonds is 6. The number of ether oxygens (including phenoxy) is 1. The van der Waals surface area contributed by atoms with E-state index in [4.69, 9.17) is 9.26 Å². The van der Waals surface area contributed by atoms with Crippen molar-refractivity contribution < 1.29 is 9.26 Å². The molecular formula is C18H21N5O2. The molecule has 0 N–H and O–H groups in total. The van der Waals surface area contributed by atoms with Crippen molar-refractivity contribution in [3.63, 3.8) is 0 Å². The number of hydrogen-bond donors (Lipinski definition) is 0. The van der Waals surface area contributed by atoms with Crippen molar-refractivity contribution in [2.24, 2.45) is 0 Å². The summed E-state index contributed by atoms with van der Waals surface area (Å²) in [6, 6.07) is 8.15. The van der Waals surface area contributed by atoms with Gasteiger partial charge in [-0.1, -0.05) is 5.16 Å². The van der Waals surface area contributed by atoms with E-state index >= 15 is 0 Å². The van der Waals surface area contributed by atoms with Gasteiger partial charge in [0, 0.05) is 44.5 Å². The Morgan fingerprint density at radius 1 is 1.32 bits per heavy atom. The van der Waals surface area contributed by atoms with Crippen LogP contribution in [0.3, 0.4) is 0 Å². The highest BCUT2D eigenvalue weighted by Gasteiger charge is 2.26. The molecule has 1 aliphatic heterocycles. The second-order valence-corrected chi connectivity index (χ2v) is 6.35. The summed E-state index contributed by atoms with van der Waals surface area (Å²) in [5.41, 5.74) is 2.19. The smallest absolute Gasteiger partial charge is 0.137 e. The molecule has 4 rings (SSSR count). The summed E-state index contributed by atoms with van der Waals surface area (Å²) in [5, 5.41) is 8.61. The Morgan fingerprint density at radius 3 is 3.08 bits per heavy atom. The van der Waals surface area contributed by atoms with Crippen LogP contribution in [0.1, 0.15) is 29.6 Å². The Kier molecular flexibility index (Phi) is 4.47. The van der Waals surface area contributed by atoms with Crippen LogP contribution >= 0.6 is 0 Å². The van der Waals surface area contributed by atoms with Gasteiger partial charge in [0.15, 0.2) is 0 Å². The summed E-state index contributed by atoms with van der Waals surface area (Å²) in [6.07, 6.45) is 6.24. The second kappa shape index (κ2) is 7.06. The fourth-order valence-corrected chi connectivity index (χ4v) is 3.27. The SMILES string of the molecule is Cc1cc(CN2Cc3ccnn3[C@@H](CCOc3cccnc3)C2)no1. The van der Waals surface area contributed by atoms with Crippen molar-refractivity contribution >= 4 is 0 Å². The molecule has 0 saturated carbocycles. The van der Waals surface area contributed by atoms with Crippen LogP contribution in [0.15, 0.2) is 47.4 Å². The molecule has 0 fully saturated rings. The lowest BCUT2D eigenvalue weighted by Crippen LogP contribution is -2.37. The van der Waals surface area contributed by atoms with Crippen molar-refractivity contribution in [3.05, 3.63) is 60.0 Å². The molecule has 3 aromatic rings. The van der Waals surface area contributed by atoms with Gasteiger partial charge in [-0.2, -0.15) is 5.10 Å². The average Bonchev–Trinajstić information content (AvgIpc) is 3.25. The summed E-state index contributed by atoms with van der Waals surface area (Å²) in [5.74, 6) is 1.65. The largest absolute Gasteiger partial charge is 0.492 e. The minimum absolute atomic E-state index is 0.281. The molecule has 1 aliphatic rings. The third kappa shape index (κ3) is 3.71. The number of aryl methyl sites for hydroxylation is 1. The van der Waals surface area contributed by atoms with Gasteiger partial charge in [0.1, 0.15) is 11.5 Å². The van der Waals surface area contributed by atoms with Gasteiger partial charge in [-0.25, -0.2) is 0 Å². The summed E-state index contributed by atoms with van der Waals surface area (Å²) >= 11 is 0. The minimum Gasteiger partial charge on any atom is -0.492 e. The molecule has 1 atom stereocenters. The summed E-state index contributed by atoms with van der Waals surface area (Å²) < 4.78 is 13.1. The van der Waals surface area contributed by atoms with E-state index in [2.05, 4.69) is 30.9 Å². The highest BCUT2D eigenvalue weighted by molar-refractivity contribution is 5.15. The lowest BCUT2D eigenvalue weighted by atomic mass is 10.1. The van der Waals surface area contributed by atoms with Gasteiger partial charge in [0.05, 0.1) is 30.2 Å². The topological polar surface area (TPSA) is 69.2 Å². The normalized spacial score (nSPS) is 17.4. The van der Waals surface area contributed by atoms with E-state index in [1.165, 1.54) is 5.69 Å². The third-order valence-corrected chi connectivity index (χ3v) is 4.37. The Labute approximate surface area is 146 Å². The van der Waals surface area contributed by atoms with Crippen LogP contribution in [0.5, 0.6) is 5.75 Å². The van der Waals surface area contributed by atoms with Gasteiger partial charge >= 0.3 is 0 Å². The van der Waals surface area contributed by atoms with E-state index in [0.717, 1.165) is 43.3 Å². The van der Waals surface area contributed by atoms with Crippen LogP contribution < -0.4 is 4.74 Å². The Hall–Kier alpha value is -2.67. The van der Waals surface area contributed by atoms with Gasteiger partial charge in [-0.15, -0.1) is 0 Å². The zero-order chi connectivity index (χ0) is 17.1. The maximum atomic E-state index is 5.81. The average molecular weight is 339 g/mol. The minimum atomic E-state index is 0.281. The predicted molar refractivity (Wildman–Crippen MR) is 91.0 cm³/mol. The van der Waals surface area contributed by atoms with Crippen molar-refractivity contribution in [2.75, 3.05) is 13.2 Å². The standard InChI is InChI=1S/C18H21N5O2/c1-14-9-15(21-25-14)11-22-12-16-4-7-20-23(16)17(13-22)5-8-24-18-3-2-6-19-10-18/h2-4,6-7,9-10,17H,5,8,11-13H2,1H3/t17-/m0/s1. The molecular weight excluding hydrogens is 318 g/mol. The van der Waals surface area contributed by atoms with Crippen molar-refractivity contribution in [1.82, 2.24) is 24.8 Å². The highest BCUT2D eigenvalue weighted by Crippen LogP contribution is 2.24. The van der Waals surface area contributed by atoms with E-state index in [-0.39, 0.29) is 6.04 Å². The number of fused-ring (bicyclic) bond motifs is 1. The first-order valence-corrected chi connectivity index (χ1v) is 8.48. The first-order valence-electron chi connectivity index (χ1n) is 8.48. The van der Waals surface area contributed by atoms with Crippen LogP contribution in [0, 0.1) is 6.92 Å². The maximum absolute atomic E-state index is 5.81. The monoisotopic (exact) mass is 339 g/mol. The molecule has 7 heteroatoms. The van der Waals surface area contributed by atoms with Gasteiger partial charge in [0.25, 0.3) is 0 Å². The quantitative estimate of drug-likeness (QED) is 0.687. The summed E-state index contributed by atoms with van der Waals surface area (Å²) in [7, 11) is 0. The molecule has 130 valence electrons. The Bertz CT molecular complexity index is 814. The molecule has 0 bridgehead atoms. The fraction of sp³-hybridized carbons (Fsp3) is 0.389. The van der Waals surface area contributed by atoms with E-state index < -0.39 is 0 Å². The molecule has 0 radical (unpaired) electrons. The van der Waals surface area contributed by atoms with Gasteiger partial charge < -0.3 is 9.26 Å². The Morgan fingerprint density at radius 2 is 2.28 bits per heavy atom. The van der Waals surface area contributed by atoms with E-state index in [1.54, 1.807) is 12.4 Å². The third-order valence-electron chi connectivity index (χ3n) is 4.37. The molecule has 0 aliphatic carbocycles. The zero-order valence-corrected chi connectivity index (χ0v) is 14.2. The van der Waals surface area contributed by atoms with E-state index in [0.29, 0.717) is 6.61 Å². The molecule has 0 unspecified atom stereocenters. The van der Waals surface area contributed by atoms with Gasteiger partial charge in [0.2, 0.25) is 0 Å². The Balaban J connectivity index is 1.40. The number of aromatic nitrogens is 4. The summed E-state index contributed by atoms with van der Waals surface area (Å²) in [4.78, 5) is 6.45. The van der Waals surface area contributed by atoms with Crippen LogP contribution in [0.4, 0.5) is 0 Å². The van der Waals surface area contributed by atoms with E-state index in [9.17, 15) is 0 Å². The molecule has 25 heavy (non-hydrogen) atoms. The van der Waals surface area contributed by atoms with Crippen molar-refractivity contribution in [1.29, 1.82) is 0 Å². The maximum Gasteiger partial charge on any atom is 0.137 e. The lowest BCUT2D eigenvalue weighted by Gasteiger charge is -2.33. The first-order chi connectivity index (χ1) is 12.3. The van der Waals surface area contributed by atoms with E-state index in [1.807, 2.05) is 31.3 Å². The second-order valence-electron chi connectivity index (χ2n) is 6.35. The number of nitrogens with zero attached hydrogens (tertiary/aromatic N) is 5. The van der Waals surface area contributed by atoms with Crippen LogP contribution in [-0.4, -0.2) is 38.0 Å².